The molecule has 0 aromatic carbocycles. The number of cyclic esters (lactones) is 2. The molecule has 0 N–H and O–H groups in total. The van der Waals surface area contributed by atoms with Crippen LogP contribution in [0.5, 0.6) is 0 Å². The van der Waals surface area contributed by atoms with E-state index in [1.807, 2.05) is 20.8 Å². The van der Waals surface area contributed by atoms with Gasteiger partial charge in [-0.25, -0.2) is 4.79 Å². The zero-order valence-electron chi connectivity index (χ0n) is 20.9. The van der Waals surface area contributed by atoms with Gasteiger partial charge in [-0.15, -0.1) is 0 Å². The van der Waals surface area contributed by atoms with E-state index in [1.165, 1.54) is 0 Å². The Morgan fingerprint density at radius 3 is 2.18 bits per heavy atom. The van der Waals surface area contributed by atoms with Gasteiger partial charge in [-0.3, -0.25) is 14.4 Å². The first-order chi connectivity index (χ1) is 15.2. The fraction of sp³-hybridized carbons (Fsp3) is 0.760. The maximum Gasteiger partial charge on any atom is 0.333 e. The number of ether oxygens (including phenoxy) is 4. The summed E-state index contributed by atoms with van der Waals surface area (Å²) in [7, 11) is 0. The molecule has 0 spiro atoms. The van der Waals surface area contributed by atoms with Crippen molar-refractivity contribution in [2.45, 2.75) is 110 Å². The smallest absolute Gasteiger partial charge is 0.333 e. The zero-order chi connectivity index (χ0) is 25.2. The average Bonchev–Trinajstić information content (AvgIpc) is 3.17. The van der Waals surface area contributed by atoms with Crippen LogP contribution in [0, 0.1) is 11.3 Å². The molecule has 2 rings (SSSR count). The Kier molecular flexibility index (Phi) is 8.02. The summed E-state index contributed by atoms with van der Waals surface area (Å²) >= 11 is 0. The van der Waals surface area contributed by atoms with Crippen LogP contribution in [0.25, 0.3) is 0 Å². The number of rotatable bonds is 9. The highest BCUT2D eigenvalue weighted by atomic mass is 16.6. The van der Waals surface area contributed by atoms with Crippen LogP contribution in [0.3, 0.4) is 0 Å². The predicted molar refractivity (Wildman–Crippen MR) is 120 cm³/mol. The molecule has 4 unspecified atom stereocenters. The Morgan fingerprint density at radius 1 is 1.09 bits per heavy atom. The summed E-state index contributed by atoms with van der Waals surface area (Å²) in [4.78, 5) is 49.4. The largest absolute Gasteiger partial charge is 0.458 e. The van der Waals surface area contributed by atoms with Crippen molar-refractivity contribution in [2.24, 2.45) is 11.3 Å². The molecular weight excluding hydrogens is 428 g/mol. The second-order valence-electron chi connectivity index (χ2n) is 10.6. The van der Waals surface area contributed by atoms with E-state index >= 15 is 0 Å². The van der Waals surface area contributed by atoms with Gasteiger partial charge in [0.15, 0.2) is 11.2 Å². The van der Waals surface area contributed by atoms with E-state index in [-0.39, 0.29) is 24.3 Å². The molecule has 2 aliphatic heterocycles. The molecular formula is C25H38O8. The van der Waals surface area contributed by atoms with E-state index < -0.39 is 52.7 Å². The molecule has 4 atom stereocenters. The van der Waals surface area contributed by atoms with Crippen LogP contribution < -0.4 is 0 Å². The van der Waals surface area contributed by atoms with Gasteiger partial charge >= 0.3 is 23.9 Å². The van der Waals surface area contributed by atoms with Crippen molar-refractivity contribution in [2.75, 3.05) is 0 Å². The van der Waals surface area contributed by atoms with Crippen LogP contribution >= 0.6 is 0 Å². The van der Waals surface area contributed by atoms with Crippen molar-refractivity contribution in [3.8, 4) is 0 Å². The monoisotopic (exact) mass is 466 g/mol. The fourth-order valence-electron chi connectivity index (χ4n) is 4.45. The lowest BCUT2D eigenvalue weighted by Crippen LogP contribution is -2.49. The van der Waals surface area contributed by atoms with Gasteiger partial charge in [-0.2, -0.15) is 0 Å². The highest BCUT2D eigenvalue weighted by molar-refractivity contribution is 5.88. The van der Waals surface area contributed by atoms with Crippen molar-refractivity contribution in [1.82, 2.24) is 0 Å². The number of hydrogen-bond acceptors (Lipinski definition) is 8. The molecule has 0 amide bonds. The Balaban J connectivity index is 2.22. The van der Waals surface area contributed by atoms with Gasteiger partial charge in [0.2, 0.25) is 0 Å². The van der Waals surface area contributed by atoms with Crippen LogP contribution in [0.15, 0.2) is 12.2 Å². The summed E-state index contributed by atoms with van der Waals surface area (Å²) in [5, 5.41) is 0. The van der Waals surface area contributed by atoms with E-state index in [4.69, 9.17) is 18.9 Å². The lowest BCUT2D eigenvalue weighted by molar-refractivity contribution is -0.184. The minimum atomic E-state index is -1.10. The third-order valence-corrected chi connectivity index (χ3v) is 6.50. The van der Waals surface area contributed by atoms with E-state index in [0.717, 1.165) is 0 Å². The Morgan fingerprint density at radius 2 is 1.67 bits per heavy atom. The van der Waals surface area contributed by atoms with E-state index in [0.29, 0.717) is 25.7 Å². The number of hydrogen-bond donors (Lipinski definition) is 0. The van der Waals surface area contributed by atoms with Crippen LogP contribution in [-0.4, -0.2) is 47.3 Å². The topological polar surface area (TPSA) is 105 Å². The van der Waals surface area contributed by atoms with Crippen LogP contribution in [-0.2, 0) is 38.1 Å². The normalized spacial score (nSPS) is 29.6. The maximum atomic E-state index is 12.7. The third-order valence-electron chi connectivity index (χ3n) is 6.50. The second kappa shape index (κ2) is 9.85. The maximum absolute atomic E-state index is 12.7. The van der Waals surface area contributed by atoms with Crippen LogP contribution in [0.1, 0.15) is 87.0 Å². The summed E-state index contributed by atoms with van der Waals surface area (Å²) in [6.45, 7) is 16.1. The standard InChI is InChI=1S/C25H38O8/c1-9-17-24(13-19(26)30-17,32-21(28)15(2)3)12-10-11-18-25(16(4)5,14-20(27)31-18)33-22(29)23(6,7)8/h16-18H,2,9-14H2,1,3-8H3. The molecule has 0 aliphatic carbocycles. The average molecular weight is 467 g/mol. The van der Waals surface area contributed by atoms with Gasteiger partial charge in [0.1, 0.15) is 12.2 Å². The summed E-state index contributed by atoms with van der Waals surface area (Å²) in [6, 6.07) is 0. The molecule has 2 fully saturated rings. The Hall–Kier alpha value is -2.38. The zero-order valence-corrected chi connectivity index (χ0v) is 20.9. The number of carbonyl (C=O) groups excluding carboxylic acids is 4. The first-order valence-electron chi connectivity index (χ1n) is 11.7. The van der Waals surface area contributed by atoms with Crippen molar-refractivity contribution < 1.29 is 38.1 Å². The molecule has 2 aliphatic rings. The van der Waals surface area contributed by atoms with Crippen molar-refractivity contribution in [3.63, 3.8) is 0 Å². The highest BCUT2D eigenvalue weighted by Gasteiger charge is 2.56. The minimum absolute atomic E-state index is 0.00781. The molecule has 0 aromatic rings. The van der Waals surface area contributed by atoms with Gasteiger partial charge in [0, 0.05) is 5.57 Å². The molecule has 33 heavy (non-hydrogen) atoms. The van der Waals surface area contributed by atoms with E-state index in [9.17, 15) is 19.2 Å². The fourth-order valence-corrected chi connectivity index (χ4v) is 4.45. The molecule has 0 radical (unpaired) electrons. The van der Waals surface area contributed by atoms with Gasteiger partial charge in [-0.1, -0.05) is 27.4 Å². The summed E-state index contributed by atoms with van der Waals surface area (Å²) in [6.07, 6.45) is 0.443. The Labute approximate surface area is 196 Å². The first-order valence-corrected chi connectivity index (χ1v) is 11.7. The SMILES string of the molecule is C=C(C)C(=O)OC1(CCCC2OC(=O)CC2(OC(=O)C(C)(C)C)C(C)C)CC(=O)OC1CC. The first kappa shape index (κ1) is 26.9. The van der Waals surface area contributed by atoms with Crippen molar-refractivity contribution in [3.05, 3.63) is 12.2 Å². The lowest BCUT2D eigenvalue weighted by atomic mass is 9.79. The minimum Gasteiger partial charge on any atom is -0.458 e. The van der Waals surface area contributed by atoms with Crippen molar-refractivity contribution >= 4 is 23.9 Å². The van der Waals surface area contributed by atoms with Gasteiger partial charge in [-0.05, 0) is 59.3 Å². The molecule has 0 aromatic heterocycles. The summed E-state index contributed by atoms with van der Waals surface area (Å²) < 4.78 is 22.7. The molecule has 0 saturated carbocycles. The molecule has 2 heterocycles. The molecule has 8 heteroatoms. The number of esters is 4. The summed E-state index contributed by atoms with van der Waals surface area (Å²) in [5.41, 5.74) is -2.67. The molecule has 2 saturated heterocycles. The lowest BCUT2D eigenvalue weighted by Gasteiger charge is -2.38. The predicted octanol–water partition coefficient (Wildman–Crippen LogP) is 4.04. The van der Waals surface area contributed by atoms with Gasteiger partial charge in [0.05, 0.1) is 18.3 Å². The molecule has 186 valence electrons. The van der Waals surface area contributed by atoms with Gasteiger partial charge < -0.3 is 18.9 Å². The molecule has 0 bridgehead atoms. The van der Waals surface area contributed by atoms with Crippen LogP contribution in [0.4, 0.5) is 0 Å². The van der Waals surface area contributed by atoms with E-state index in [2.05, 4.69) is 6.58 Å². The van der Waals surface area contributed by atoms with Crippen molar-refractivity contribution in [1.29, 1.82) is 0 Å². The van der Waals surface area contributed by atoms with Gasteiger partial charge in [0.25, 0.3) is 0 Å². The van der Waals surface area contributed by atoms with E-state index in [1.54, 1.807) is 27.7 Å². The highest BCUT2D eigenvalue weighted by Crippen LogP contribution is 2.43. The molecule has 8 nitrogen and oxygen atoms in total. The third kappa shape index (κ3) is 5.76. The van der Waals surface area contributed by atoms with Crippen LogP contribution in [0.2, 0.25) is 0 Å². The number of carbonyl (C=O) groups is 4. The second-order valence-corrected chi connectivity index (χ2v) is 10.6. The quantitative estimate of drug-likeness (QED) is 0.285. The Bertz CT molecular complexity index is 808. The summed E-state index contributed by atoms with van der Waals surface area (Å²) in [5.74, 6) is -1.96.